The number of carboxylic acids is 1. The molecule has 1 aliphatic heterocycles. The molecule has 0 aliphatic carbocycles. The molecule has 1 aliphatic rings. The highest BCUT2D eigenvalue weighted by Crippen LogP contribution is 2.27. The number of nitrogens with one attached hydrogen (secondary N) is 1. The number of benzene rings is 2. The summed E-state index contributed by atoms with van der Waals surface area (Å²) in [6.07, 6.45) is 0. The molecule has 0 bridgehead atoms. The number of rotatable bonds is 8. The third kappa shape index (κ3) is 5.53. The number of hydrogen-bond acceptors (Lipinski definition) is 7. The molecule has 0 radical (unpaired) electrons. The summed E-state index contributed by atoms with van der Waals surface area (Å²) >= 11 is 0. The molecule has 9 nitrogen and oxygen atoms in total. The van der Waals surface area contributed by atoms with Gasteiger partial charge in [-0.2, -0.15) is 0 Å². The maximum Gasteiger partial charge on any atom is 0.322 e. The standard InChI is InChI=1S/C25H22F4N4O5/c26-13-1-2-15(17(27)9-13)23(35)16-3-4-21(34)33(24(16)30)22-18(28)10-14(11-19(22)29)38-8-7-32-6-5-31-20(12-32)25(36)37/h1-4,9-11,20,31H,5-8,12,30H2,(H,36,37). The summed E-state index contributed by atoms with van der Waals surface area (Å²) in [7, 11) is 0. The van der Waals surface area contributed by atoms with Crippen molar-refractivity contribution in [3.05, 3.63) is 87.2 Å². The second kappa shape index (κ2) is 11.0. The lowest BCUT2D eigenvalue weighted by molar-refractivity contribution is -0.140. The molecule has 0 spiro atoms. The van der Waals surface area contributed by atoms with Crippen LogP contribution >= 0.6 is 0 Å². The molecular formula is C25H22F4N4O5. The Balaban J connectivity index is 1.56. The topological polar surface area (TPSA) is 127 Å². The van der Waals surface area contributed by atoms with Crippen molar-refractivity contribution < 1.29 is 37.0 Å². The fraction of sp³-hybridized carbons (Fsp3) is 0.240. The van der Waals surface area contributed by atoms with Crippen molar-refractivity contribution in [3.63, 3.8) is 0 Å². The monoisotopic (exact) mass is 534 g/mol. The first-order chi connectivity index (χ1) is 18.1. The van der Waals surface area contributed by atoms with Crippen LogP contribution < -0.4 is 21.3 Å². The molecule has 1 atom stereocenters. The minimum atomic E-state index is -1.22. The molecule has 1 fully saturated rings. The van der Waals surface area contributed by atoms with Crippen LogP contribution in [0.25, 0.3) is 5.69 Å². The van der Waals surface area contributed by atoms with E-state index in [0.29, 0.717) is 30.3 Å². The van der Waals surface area contributed by atoms with Crippen LogP contribution in [0.1, 0.15) is 15.9 Å². The first kappa shape index (κ1) is 26.8. The molecule has 0 saturated carbocycles. The van der Waals surface area contributed by atoms with Gasteiger partial charge in [-0.1, -0.05) is 0 Å². The van der Waals surface area contributed by atoms with Gasteiger partial charge in [0, 0.05) is 50.4 Å². The van der Waals surface area contributed by atoms with Gasteiger partial charge in [-0.15, -0.1) is 0 Å². The number of halogens is 4. The minimum Gasteiger partial charge on any atom is -0.492 e. The van der Waals surface area contributed by atoms with Crippen molar-refractivity contribution in [2.45, 2.75) is 6.04 Å². The van der Waals surface area contributed by atoms with Crippen LogP contribution in [0, 0.1) is 23.3 Å². The smallest absolute Gasteiger partial charge is 0.322 e. The molecule has 13 heteroatoms. The number of carboxylic acid groups (broad SMARTS) is 1. The number of pyridine rings is 1. The number of aliphatic carboxylic acids is 1. The average molecular weight is 534 g/mol. The van der Waals surface area contributed by atoms with E-state index in [9.17, 15) is 23.2 Å². The molecule has 38 heavy (non-hydrogen) atoms. The summed E-state index contributed by atoms with van der Waals surface area (Å²) in [6, 6.07) is 4.98. The second-order valence-electron chi connectivity index (χ2n) is 8.49. The number of aromatic nitrogens is 1. The Bertz CT molecular complexity index is 1440. The molecular weight excluding hydrogens is 512 g/mol. The maximum absolute atomic E-state index is 15.0. The molecule has 1 saturated heterocycles. The van der Waals surface area contributed by atoms with E-state index in [-0.39, 0.29) is 18.9 Å². The lowest BCUT2D eigenvalue weighted by Gasteiger charge is -2.31. The number of hydrogen-bond donors (Lipinski definition) is 3. The van der Waals surface area contributed by atoms with Crippen molar-refractivity contribution >= 4 is 17.6 Å². The number of ketones is 1. The van der Waals surface area contributed by atoms with Crippen molar-refractivity contribution in [1.29, 1.82) is 0 Å². The van der Waals surface area contributed by atoms with Gasteiger partial charge in [0.2, 0.25) is 0 Å². The van der Waals surface area contributed by atoms with Gasteiger partial charge in [0.25, 0.3) is 5.56 Å². The lowest BCUT2D eigenvalue weighted by atomic mass is 10.0. The number of nitrogens with two attached hydrogens (primary N) is 1. The van der Waals surface area contributed by atoms with Crippen LogP contribution in [0.15, 0.2) is 47.3 Å². The van der Waals surface area contributed by atoms with Crippen LogP contribution in [0.3, 0.4) is 0 Å². The number of carbonyl (C=O) groups excluding carboxylic acids is 1. The highest BCUT2D eigenvalue weighted by atomic mass is 19.1. The highest BCUT2D eigenvalue weighted by molar-refractivity contribution is 6.11. The summed E-state index contributed by atoms with van der Waals surface area (Å²) in [5.74, 6) is -7.39. The summed E-state index contributed by atoms with van der Waals surface area (Å²) in [5, 5.41) is 12.0. The molecule has 4 N–H and O–H groups in total. The highest BCUT2D eigenvalue weighted by Gasteiger charge is 2.25. The summed E-state index contributed by atoms with van der Waals surface area (Å²) in [5.41, 5.74) is 3.12. The SMILES string of the molecule is Nc1c(C(=O)c2ccc(F)cc2F)ccc(=O)n1-c1c(F)cc(OCCN2CCNC(C(=O)O)C2)cc1F. The first-order valence-corrected chi connectivity index (χ1v) is 11.4. The van der Waals surface area contributed by atoms with E-state index in [0.717, 1.165) is 36.4 Å². The van der Waals surface area contributed by atoms with Gasteiger partial charge in [-0.05, 0) is 18.2 Å². The van der Waals surface area contributed by atoms with Gasteiger partial charge < -0.3 is 20.9 Å². The van der Waals surface area contributed by atoms with Gasteiger partial charge >= 0.3 is 5.97 Å². The third-order valence-corrected chi connectivity index (χ3v) is 6.00. The van der Waals surface area contributed by atoms with Gasteiger partial charge in [0.15, 0.2) is 17.4 Å². The first-order valence-electron chi connectivity index (χ1n) is 11.4. The molecule has 4 rings (SSSR count). The zero-order valence-corrected chi connectivity index (χ0v) is 19.7. The Morgan fingerprint density at radius 2 is 1.71 bits per heavy atom. The predicted molar refractivity (Wildman–Crippen MR) is 128 cm³/mol. The number of carbonyl (C=O) groups is 2. The Hall–Kier alpha value is -4.23. The van der Waals surface area contributed by atoms with Crippen LogP contribution in [0.4, 0.5) is 23.4 Å². The number of ether oxygens (including phenoxy) is 1. The zero-order valence-electron chi connectivity index (χ0n) is 19.7. The molecule has 3 aromatic rings. The van der Waals surface area contributed by atoms with E-state index in [4.69, 9.17) is 15.6 Å². The molecule has 2 heterocycles. The fourth-order valence-electron chi connectivity index (χ4n) is 4.11. The predicted octanol–water partition coefficient (Wildman–Crippen LogP) is 1.94. The van der Waals surface area contributed by atoms with Crippen LogP contribution in [0.5, 0.6) is 5.75 Å². The quantitative estimate of drug-likeness (QED) is 0.296. The zero-order chi connectivity index (χ0) is 27.6. The summed E-state index contributed by atoms with van der Waals surface area (Å²) < 4.78 is 63.3. The largest absolute Gasteiger partial charge is 0.492 e. The van der Waals surface area contributed by atoms with Crippen molar-refractivity contribution in [1.82, 2.24) is 14.8 Å². The van der Waals surface area contributed by atoms with Gasteiger partial charge in [-0.25, -0.2) is 17.6 Å². The lowest BCUT2D eigenvalue weighted by Crippen LogP contribution is -2.54. The molecule has 1 aromatic heterocycles. The Morgan fingerprint density at radius 1 is 1.03 bits per heavy atom. The van der Waals surface area contributed by atoms with Crippen molar-refractivity contribution in [2.24, 2.45) is 0 Å². The summed E-state index contributed by atoms with van der Waals surface area (Å²) in [6.45, 7) is 1.56. The van der Waals surface area contributed by atoms with Crippen molar-refractivity contribution in [2.75, 3.05) is 38.5 Å². The number of nitrogen functional groups attached to an aromatic ring is 1. The summed E-state index contributed by atoms with van der Waals surface area (Å²) in [4.78, 5) is 38.3. The van der Waals surface area contributed by atoms with E-state index in [2.05, 4.69) is 5.32 Å². The second-order valence-corrected chi connectivity index (χ2v) is 8.49. The Labute approximate surface area is 213 Å². The van der Waals surface area contributed by atoms with E-state index in [1.165, 1.54) is 0 Å². The molecule has 1 unspecified atom stereocenters. The van der Waals surface area contributed by atoms with Crippen LogP contribution in [0.2, 0.25) is 0 Å². The Kier molecular flexibility index (Phi) is 7.78. The van der Waals surface area contributed by atoms with Crippen molar-refractivity contribution in [3.8, 4) is 11.4 Å². The Morgan fingerprint density at radius 3 is 2.37 bits per heavy atom. The normalized spacial score (nSPS) is 15.8. The van der Waals surface area contributed by atoms with E-state index in [1.54, 1.807) is 0 Å². The van der Waals surface area contributed by atoms with Gasteiger partial charge in [0.05, 0.1) is 11.1 Å². The number of piperazine rings is 1. The third-order valence-electron chi connectivity index (χ3n) is 6.00. The van der Waals surface area contributed by atoms with Crippen LogP contribution in [-0.2, 0) is 4.79 Å². The van der Waals surface area contributed by atoms with Gasteiger partial charge in [0.1, 0.15) is 41.5 Å². The van der Waals surface area contributed by atoms with E-state index in [1.807, 2.05) is 4.90 Å². The van der Waals surface area contributed by atoms with Crippen LogP contribution in [-0.4, -0.2) is 65.2 Å². The fourth-order valence-corrected chi connectivity index (χ4v) is 4.11. The maximum atomic E-state index is 15.0. The number of anilines is 1. The number of nitrogens with zero attached hydrogens (tertiary/aromatic N) is 2. The molecule has 0 amide bonds. The van der Waals surface area contributed by atoms with Gasteiger partial charge in [-0.3, -0.25) is 23.9 Å². The average Bonchev–Trinajstić information content (AvgIpc) is 2.85. The molecule has 2 aromatic carbocycles. The molecule has 200 valence electrons. The van der Waals surface area contributed by atoms with E-state index >= 15 is 8.78 Å². The minimum absolute atomic E-state index is 0.000125. The van der Waals surface area contributed by atoms with E-state index < -0.39 is 69.3 Å².